The fourth-order valence-corrected chi connectivity index (χ4v) is 9.50. The number of halogens is 3. The summed E-state index contributed by atoms with van der Waals surface area (Å²) in [5, 5.41) is 4.08. The van der Waals surface area contributed by atoms with Crippen molar-refractivity contribution in [1.29, 1.82) is 0 Å². The molecule has 0 heterocycles. The average Bonchev–Trinajstić information content (AvgIpc) is 3.00. The van der Waals surface area contributed by atoms with Gasteiger partial charge in [-0.1, -0.05) is 37.3 Å². The smallest absolute Gasteiger partial charge is 0.394 e. The van der Waals surface area contributed by atoms with Crippen molar-refractivity contribution >= 4 is 39.5 Å². The summed E-state index contributed by atoms with van der Waals surface area (Å²) in [7, 11) is 0. The molecule has 3 aromatic carbocycles. The molecule has 0 amide bonds. The van der Waals surface area contributed by atoms with Crippen molar-refractivity contribution in [3.8, 4) is 5.75 Å². The van der Waals surface area contributed by atoms with Gasteiger partial charge in [0.15, 0.2) is 0 Å². The van der Waals surface area contributed by atoms with Gasteiger partial charge in [0.1, 0.15) is 18.0 Å². The summed E-state index contributed by atoms with van der Waals surface area (Å²) < 4.78 is 57.2. The lowest BCUT2D eigenvalue weighted by Crippen LogP contribution is -2.55. The molecular formula is C41H49F3O6. The number of fused-ring (bicyclic) bond motifs is 2. The third kappa shape index (κ3) is 7.52. The van der Waals surface area contributed by atoms with Crippen LogP contribution in [0.4, 0.5) is 13.2 Å². The monoisotopic (exact) mass is 694 g/mol. The van der Waals surface area contributed by atoms with Crippen LogP contribution in [0.25, 0.3) is 21.5 Å². The van der Waals surface area contributed by atoms with E-state index in [9.17, 15) is 27.6 Å². The maximum Gasteiger partial charge on any atom is 0.394 e. The van der Waals surface area contributed by atoms with Crippen LogP contribution in [0.1, 0.15) is 92.9 Å². The number of hydrogen-bond acceptors (Lipinski definition) is 6. The molecule has 4 fully saturated rings. The van der Waals surface area contributed by atoms with E-state index in [1.165, 1.54) is 0 Å². The number of carbonyl (C=O) groups is 3. The van der Waals surface area contributed by atoms with E-state index in [1.807, 2.05) is 42.5 Å². The van der Waals surface area contributed by atoms with Gasteiger partial charge in [-0.3, -0.25) is 14.4 Å². The lowest BCUT2D eigenvalue weighted by Gasteiger charge is -2.56. The van der Waals surface area contributed by atoms with Gasteiger partial charge in [-0.2, -0.15) is 13.2 Å². The molecule has 0 aliphatic heterocycles. The van der Waals surface area contributed by atoms with Crippen LogP contribution in [-0.4, -0.2) is 36.3 Å². The second-order valence-corrected chi connectivity index (χ2v) is 17.3. The summed E-state index contributed by atoms with van der Waals surface area (Å²) >= 11 is 0. The molecule has 0 saturated heterocycles. The zero-order valence-electron chi connectivity index (χ0n) is 30.0. The second-order valence-electron chi connectivity index (χ2n) is 17.3. The van der Waals surface area contributed by atoms with Gasteiger partial charge in [0.25, 0.3) is 0 Å². The highest BCUT2D eigenvalue weighted by molar-refractivity contribution is 5.99. The van der Waals surface area contributed by atoms with Crippen LogP contribution in [0, 0.1) is 39.9 Å². The van der Waals surface area contributed by atoms with Crippen molar-refractivity contribution in [1.82, 2.24) is 0 Å². The quantitative estimate of drug-likeness (QED) is 0.113. The molecule has 2 unspecified atom stereocenters. The van der Waals surface area contributed by atoms with Crippen molar-refractivity contribution in [2.75, 3.05) is 6.61 Å². The standard InChI is InChI=1S/C41H49F3O6/c1-25(41(42,43)44)22-48-34(45)37(2,3)23-39(6,36(47)50-40-19-26-13-27(20-40)15-28(14-26)21-40)24-38(4,5)35(46)49-33-12-11-31-16-29-9-7-8-10-30(29)17-32(31)18-33/h7-12,16-18,25-28H,13-15,19-24H2,1-6H3. The molecule has 4 bridgehead atoms. The first-order valence-corrected chi connectivity index (χ1v) is 17.9. The van der Waals surface area contributed by atoms with Gasteiger partial charge >= 0.3 is 24.1 Å². The molecule has 4 aliphatic carbocycles. The largest absolute Gasteiger partial charge is 0.465 e. The minimum Gasteiger partial charge on any atom is -0.465 e. The molecule has 9 heteroatoms. The normalized spacial score (nSPS) is 25.3. The number of carbonyl (C=O) groups excluding carboxylic acids is 3. The summed E-state index contributed by atoms with van der Waals surface area (Å²) in [6, 6.07) is 17.6. The summed E-state index contributed by atoms with van der Waals surface area (Å²) in [5.74, 6) is -1.79. The number of ether oxygens (including phenoxy) is 3. The predicted octanol–water partition coefficient (Wildman–Crippen LogP) is 9.99. The van der Waals surface area contributed by atoms with Crippen molar-refractivity contribution in [3.63, 3.8) is 0 Å². The average molecular weight is 695 g/mol. The first-order chi connectivity index (χ1) is 23.3. The van der Waals surface area contributed by atoms with Gasteiger partial charge in [-0.25, -0.2) is 0 Å². The Morgan fingerprint density at radius 2 is 1.22 bits per heavy atom. The number of benzene rings is 3. The van der Waals surface area contributed by atoms with E-state index in [2.05, 4.69) is 6.07 Å². The molecule has 0 aromatic heterocycles. The zero-order valence-corrected chi connectivity index (χ0v) is 30.0. The molecule has 50 heavy (non-hydrogen) atoms. The van der Waals surface area contributed by atoms with Crippen LogP contribution < -0.4 is 4.74 Å². The molecule has 0 spiro atoms. The number of hydrogen-bond donors (Lipinski definition) is 0. The molecule has 4 saturated carbocycles. The molecule has 270 valence electrons. The third-order valence-corrected chi connectivity index (χ3v) is 11.5. The highest BCUT2D eigenvalue weighted by Crippen LogP contribution is 2.58. The Kier molecular flexibility index (Phi) is 9.30. The van der Waals surface area contributed by atoms with Gasteiger partial charge in [-0.05, 0) is 150 Å². The molecule has 0 N–H and O–H groups in total. The molecule has 4 aliphatic rings. The van der Waals surface area contributed by atoms with Crippen LogP contribution in [0.2, 0.25) is 0 Å². The van der Waals surface area contributed by atoms with E-state index in [1.54, 1.807) is 40.7 Å². The maximum atomic E-state index is 14.5. The van der Waals surface area contributed by atoms with E-state index < -0.39 is 58.5 Å². The number of rotatable bonds is 11. The highest BCUT2D eigenvalue weighted by atomic mass is 19.4. The predicted molar refractivity (Wildman–Crippen MR) is 185 cm³/mol. The lowest BCUT2D eigenvalue weighted by atomic mass is 9.54. The van der Waals surface area contributed by atoms with Crippen LogP contribution >= 0.6 is 0 Å². The Morgan fingerprint density at radius 3 is 1.76 bits per heavy atom. The molecular weight excluding hydrogens is 645 g/mol. The van der Waals surface area contributed by atoms with E-state index >= 15 is 0 Å². The van der Waals surface area contributed by atoms with Crippen LogP contribution in [0.3, 0.4) is 0 Å². The summed E-state index contributed by atoms with van der Waals surface area (Å²) in [6.07, 6.45) is 1.29. The molecule has 7 rings (SSSR count). The van der Waals surface area contributed by atoms with E-state index in [0.29, 0.717) is 23.5 Å². The van der Waals surface area contributed by atoms with Crippen molar-refractivity contribution in [2.24, 2.45) is 39.9 Å². The van der Waals surface area contributed by atoms with Crippen LogP contribution in [0.5, 0.6) is 5.75 Å². The third-order valence-electron chi connectivity index (χ3n) is 11.5. The topological polar surface area (TPSA) is 78.9 Å². The molecule has 3 aromatic rings. The minimum absolute atomic E-state index is 0.0160. The van der Waals surface area contributed by atoms with Gasteiger partial charge in [-0.15, -0.1) is 0 Å². The van der Waals surface area contributed by atoms with Gasteiger partial charge in [0.2, 0.25) is 0 Å². The fourth-order valence-electron chi connectivity index (χ4n) is 9.50. The SMILES string of the molecule is CC(COC(=O)C(C)(C)CC(C)(CC(C)(C)C(=O)Oc1ccc2cc3ccccc3cc2c1)C(=O)OC12CC3CC(CC(C3)C1)C2)C(F)(F)F. The Labute approximate surface area is 292 Å². The lowest BCUT2D eigenvalue weighted by molar-refractivity contribution is -0.201. The van der Waals surface area contributed by atoms with Gasteiger partial charge in [0.05, 0.1) is 22.2 Å². The first-order valence-electron chi connectivity index (χ1n) is 17.9. The van der Waals surface area contributed by atoms with Gasteiger partial charge in [0, 0.05) is 0 Å². The fraction of sp³-hybridized carbons (Fsp3) is 0.585. The number of alkyl halides is 3. The summed E-state index contributed by atoms with van der Waals surface area (Å²) in [6.45, 7) is 8.37. The number of esters is 3. The Hall–Kier alpha value is -3.62. The molecule has 2 atom stereocenters. The van der Waals surface area contributed by atoms with E-state index in [0.717, 1.165) is 67.0 Å². The molecule has 6 nitrogen and oxygen atoms in total. The van der Waals surface area contributed by atoms with Crippen molar-refractivity contribution in [2.45, 2.75) is 105 Å². The van der Waals surface area contributed by atoms with Crippen LogP contribution in [-0.2, 0) is 23.9 Å². The van der Waals surface area contributed by atoms with Crippen molar-refractivity contribution in [3.05, 3.63) is 54.6 Å². The zero-order chi connectivity index (χ0) is 36.3. The van der Waals surface area contributed by atoms with E-state index in [-0.39, 0.29) is 12.8 Å². The highest BCUT2D eigenvalue weighted by Gasteiger charge is 2.56. The first kappa shape index (κ1) is 36.2. The summed E-state index contributed by atoms with van der Waals surface area (Å²) in [5.41, 5.74) is -4.51. The Bertz CT molecular complexity index is 1760. The molecule has 0 radical (unpaired) electrons. The second kappa shape index (κ2) is 12.9. The van der Waals surface area contributed by atoms with Crippen LogP contribution in [0.15, 0.2) is 54.6 Å². The van der Waals surface area contributed by atoms with Gasteiger partial charge < -0.3 is 14.2 Å². The Balaban J connectivity index is 1.23. The maximum absolute atomic E-state index is 14.5. The van der Waals surface area contributed by atoms with Crippen molar-refractivity contribution < 1.29 is 41.8 Å². The minimum atomic E-state index is -4.51. The van der Waals surface area contributed by atoms with E-state index in [4.69, 9.17) is 14.2 Å². The summed E-state index contributed by atoms with van der Waals surface area (Å²) in [4.78, 5) is 41.7. The Morgan fingerprint density at radius 1 is 0.720 bits per heavy atom.